The lowest BCUT2D eigenvalue weighted by molar-refractivity contribution is 0.132. The Labute approximate surface area is 206 Å². The van der Waals surface area contributed by atoms with Crippen LogP contribution in [0.5, 0.6) is 11.5 Å². The normalized spacial score (nSPS) is 10.8. The van der Waals surface area contributed by atoms with E-state index in [-0.39, 0.29) is 11.1 Å². The van der Waals surface area contributed by atoms with Crippen LogP contribution >= 0.6 is 46.4 Å². The van der Waals surface area contributed by atoms with Gasteiger partial charge < -0.3 is 14.3 Å². The lowest BCUT2D eigenvalue weighted by Crippen LogP contribution is -1.99. The van der Waals surface area contributed by atoms with Gasteiger partial charge in [0.15, 0.2) is 5.75 Å². The second kappa shape index (κ2) is 12.6. The number of halogens is 4. The van der Waals surface area contributed by atoms with Gasteiger partial charge in [-0.2, -0.15) is 0 Å². The Hall–Kier alpha value is -2.37. The summed E-state index contributed by atoms with van der Waals surface area (Å²) in [7, 11) is 0. The van der Waals surface area contributed by atoms with Crippen molar-refractivity contribution in [2.75, 3.05) is 6.61 Å². The third kappa shape index (κ3) is 7.95. The van der Waals surface area contributed by atoms with Crippen LogP contribution in [-0.2, 0) is 18.1 Å². The predicted octanol–water partition coefficient (Wildman–Crippen LogP) is 7.82. The molecule has 0 aliphatic rings. The molecule has 3 aromatic rings. The van der Waals surface area contributed by atoms with Gasteiger partial charge >= 0.3 is 0 Å². The highest BCUT2D eigenvalue weighted by atomic mass is 35.5. The molecule has 32 heavy (non-hydrogen) atoms. The molecule has 0 bridgehead atoms. The van der Waals surface area contributed by atoms with Crippen molar-refractivity contribution in [2.24, 2.45) is 5.16 Å². The zero-order valence-electron chi connectivity index (χ0n) is 16.8. The molecule has 0 atom stereocenters. The fourth-order valence-electron chi connectivity index (χ4n) is 2.60. The Morgan fingerprint density at radius 3 is 2.12 bits per heavy atom. The molecule has 0 aromatic heterocycles. The number of hydrogen-bond acceptors (Lipinski definition) is 4. The molecule has 0 unspecified atom stereocenters. The van der Waals surface area contributed by atoms with E-state index in [2.05, 4.69) is 5.16 Å². The van der Waals surface area contributed by atoms with Gasteiger partial charge in [0.25, 0.3) is 0 Å². The number of nitrogens with zero attached hydrogens (tertiary/aromatic N) is 1. The molecule has 3 aromatic carbocycles. The molecule has 0 spiro atoms. The molecule has 0 aliphatic carbocycles. The van der Waals surface area contributed by atoms with Crippen LogP contribution in [0.1, 0.15) is 16.7 Å². The molecule has 0 saturated carbocycles. The average Bonchev–Trinajstić information content (AvgIpc) is 2.77. The molecule has 0 amide bonds. The van der Waals surface area contributed by atoms with E-state index in [4.69, 9.17) is 60.7 Å². The molecule has 0 fully saturated rings. The monoisotopic (exact) mass is 509 g/mol. The Balaban J connectivity index is 1.51. The highest BCUT2D eigenvalue weighted by Crippen LogP contribution is 2.37. The number of benzene rings is 3. The molecule has 3 rings (SSSR count). The van der Waals surface area contributed by atoms with Crippen LogP contribution in [0.25, 0.3) is 0 Å². The van der Waals surface area contributed by atoms with E-state index in [1.165, 1.54) is 6.08 Å². The number of ether oxygens (including phenoxy) is 2. The van der Waals surface area contributed by atoms with Gasteiger partial charge in [0.1, 0.15) is 30.1 Å². The van der Waals surface area contributed by atoms with Crippen LogP contribution in [0.3, 0.4) is 0 Å². The maximum absolute atomic E-state index is 6.29. The zero-order valence-corrected chi connectivity index (χ0v) is 19.8. The van der Waals surface area contributed by atoms with Crippen molar-refractivity contribution in [1.82, 2.24) is 0 Å². The summed E-state index contributed by atoms with van der Waals surface area (Å²) in [5.74, 6) is 0.864. The van der Waals surface area contributed by atoms with E-state index < -0.39 is 0 Å². The summed E-state index contributed by atoms with van der Waals surface area (Å²) in [6.45, 7) is 0.917. The van der Waals surface area contributed by atoms with Crippen LogP contribution in [-0.4, -0.2) is 12.8 Å². The molecule has 0 aliphatic heterocycles. The van der Waals surface area contributed by atoms with Gasteiger partial charge in [-0.15, -0.1) is 0 Å². The molecule has 0 saturated heterocycles. The van der Waals surface area contributed by atoms with Crippen molar-refractivity contribution in [3.63, 3.8) is 0 Å². The van der Waals surface area contributed by atoms with Crippen molar-refractivity contribution in [3.05, 3.63) is 104 Å². The van der Waals surface area contributed by atoms with Crippen LogP contribution < -0.4 is 9.47 Å². The van der Waals surface area contributed by atoms with Crippen LogP contribution in [0.4, 0.5) is 0 Å². The SMILES string of the molecule is ClC(Cl)=CCOc1cc(Cl)c(OCc2ccc(/C=N/OCc3ccccc3)cc2)c(Cl)c1. The van der Waals surface area contributed by atoms with Gasteiger partial charge in [-0.25, -0.2) is 0 Å². The van der Waals surface area contributed by atoms with Gasteiger partial charge in [-0.1, -0.05) is 106 Å². The van der Waals surface area contributed by atoms with Crippen molar-refractivity contribution < 1.29 is 14.3 Å². The molecular formula is C24H19Cl4NO3. The third-order valence-electron chi connectivity index (χ3n) is 4.17. The molecule has 8 heteroatoms. The minimum atomic E-state index is 0.124. The summed E-state index contributed by atoms with van der Waals surface area (Å²) in [6.07, 6.45) is 3.17. The quantitative estimate of drug-likeness (QED) is 0.206. The summed E-state index contributed by atoms with van der Waals surface area (Å²) >= 11 is 23.7. The van der Waals surface area contributed by atoms with Gasteiger partial charge in [0.05, 0.1) is 16.3 Å². The highest BCUT2D eigenvalue weighted by Gasteiger charge is 2.11. The van der Waals surface area contributed by atoms with Gasteiger partial charge in [0, 0.05) is 12.1 Å². The minimum absolute atomic E-state index is 0.124. The number of oxime groups is 1. The standard InChI is InChI=1S/C24H19Cl4NO3/c25-21-12-20(30-11-10-23(27)28)13-22(26)24(21)31-15-19-8-6-17(7-9-19)14-29-32-16-18-4-2-1-3-5-18/h1-10,12-14H,11,15-16H2/b29-14+. The van der Waals surface area contributed by atoms with Crippen LogP contribution in [0, 0.1) is 0 Å². The Bertz CT molecular complexity index is 1040. The number of hydrogen-bond donors (Lipinski definition) is 0. The Morgan fingerprint density at radius 1 is 0.812 bits per heavy atom. The maximum atomic E-state index is 6.29. The fourth-order valence-corrected chi connectivity index (χ4v) is 3.30. The second-order valence-corrected chi connectivity index (χ2v) is 8.37. The Kier molecular flexibility index (Phi) is 9.57. The summed E-state index contributed by atoms with van der Waals surface area (Å²) in [5.41, 5.74) is 2.91. The summed E-state index contributed by atoms with van der Waals surface area (Å²) in [6, 6.07) is 20.8. The highest BCUT2D eigenvalue weighted by molar-refractivity contribution is 6.55. The first-order chi connectivity index (χ1) is 15.5. The summed E-state index contributed by atoms with van der Waals surface area (Å²) < 4.78 is 11.4. The van der Waals surface area contributed by atoms with E-state index in [0.717, 1.165) is 16.7 Å². The minimum Gasteiger partial charge on any atom is -0.489 e. The summed E-state index contributed by atoms with van der Waals surface area (Å²) in [5, 5.41) is 4.68. The first-order valence-electron chi connectivity index (χ1n) is 9.55. The average molecular weight is 511 g/mol. The molecule has 166 valence electrons. The molecule has 4 nitrogen and oxygen atoms in total. The van der Waals surface area contributed by atoms with Gasteiger partial charge in [0.2, 0.25) is 0 Å². The predicted molar refractivity (Wildman–Crippen MR) is 131 cm³/mol. The van der Waals surface area contributed by atoms with Crippen molar-refractivity contribution in [2.45, 2.75) is 13.2 Å². The third-order valence-corrected chi connectivity index (χ3v) is 5.04. The first kappa shape index (κ1) is 24.3. The second-order valence-electron chi connectivity index (χ2n) is 6.54. The van der Waals surface area contributed by atoms with E-state index in [1.54, 1.807) is 18.3 Å². The van der Waals surface area contributed by atoms with E-state index >= 15 is 0 Å². The van der Waals surface area contributed by atoms with E-state index in [1.807, 2.05) is 54.6 Å². The van der Waals surface area contributed by atoms with E-state index in [0.29, 0.717) is 34.8 Å². The Morgan fingerprint density at radius 2 is 1.47 bits per heavy atom. The van der Waals surface area contributed by atoms with Crippen molar-refractivity contribution >= 4 is 52.6 Å². The smallest absolute Gasteiger partial charge is 0.157 e. The maximum Gasteiger partial charge on any atom is 0.157 e. The summed E-state index contributed by atoms with van der Waals surface area (Å²) in [4.78, 5) is 5.32. The van der Waals surface area contributed by atoms with Gasteiger partial charge in [-0.05, 0) is 22.8 Å². The molecule has 0 radical (unpaired) electrons. The topological polar surface area (TPSA) is 40.0 Å². The molecule has 0 N–H and O–H groups in total. The van der Waals surface area contributed by atoms with Crippen molar-refractivity contribution in [3.8, 4) is 11.5 Å². The molecular weight excluding hydrogens is 492 g/mol. The number of rotatable bonds is 10. The first-order valence-corrected chi connectivity index (χ1v) is 11.1. The fraction of sp³-hybridized carbons (Fsp3) is 0.125. The van der Waals surface area contributed by atoms with Crippen LogP contribution in [0.2, 0.25) is 10.0 Å². The molecule has 0 heterocycles. The van der Waals surface area contributed by atoms with E-state index in [9.17, 15) is 0 Å². The van der Waals surface area contributed by atoms with Gasteiger partial charge in [-0.3, -0.25) is 0 Å². The van der Waals surface area contributed by atoms with Crippen LogP contribution in [0.15, 0.2) is 82.5 Å². The zero-order chi connectivity index (χ0) is 22.8. The largest absolute Gasteiger partial charge is 0.489 e. The lowest BCUT2D eigenvalue weighted by Gasteiger charge is -2.12. The van der Waals surface area contributed by atoms with Crippen molar-refractivity contribution in [1.29, 1.82) is 0 Å². The lowest BCUT2D eigenvalue weighted by atomic mass is 10.1.